The highest BCUT2D eigenvalue weighted by Crippen LogP contribution is 2.07. The van der Waals surface area contributed by atoms with Crippen molar-refractivity contribution in [3.8, 4) is 0 Å². The number of benzene rings is 1. The fourth-order valence-corrected chi connectivity index (χ4v) is 2.40. The van der Waals surface area contributed by atoms with Crippen molar-refractivity contribution in [3.63, 3.8) is 0 Å². The molecular weight excluding hydrogens is 405 g/mol. The molecule has 5 nitrogen and oxygen atoms in total. The van der Waals surface area contributed by atoms with Crippen LogP contribution in [0.25, 0.3) is 0 Å². The summed E-state index contributed by atoms with van der Waals surface area (Å²) in [4.78, 5) is 4.23. The summed E-state index contributed by atoms with van der Waals surface area (Å²) in [5.74, 6) is 0.825. The number of ether oxygens (including phenoxy) is 2. The van der Waals surface area contributed by atoms with Crippen molar-refractivity contribution >= 4 is 29.9 Å². The van der Waals surface area contributed by atoms with Gasteiger partial charge in [-0.3, -0.25) is 4.99 Å². The van der Waals surface area contributed by atoms with Crippen molar-refractivity contribution < 1.29 is 9.47 Å². The minimum absolute atomic E-state index is 0. The molecule has 130 valence electrons. The van der Waals surface area contributed by atoms with Crippen LogP contribution >= 0.6 is 24.0 Å². The van der Waals surface area contributed by atoms with Gasteiger partial charge in [0.05, 0.1) is 12.7 Å². The Balaban J connectivity index is 0.00000264. The molecule has 1 fully saturated rings. The van der Waals surface area contributed by atoms with E-state index in [4.69, 9.17) is 9.47 Å². The normalized spacial score (nSPS) is 17.7. The van der Waals surface area contributed by atoms with Gasteiger partial charge in [0.2, 0.25) is 0 Å². The summed E-state index contributed by atoms with van der Waals surface area (Å²) >= 11 is 0. The van der Waals surface area contributed by atoms with Crippen LogP contribution in [-0.2, 0) is 16.0 Å². The lowest BCUT2D eigenvalue weighted by Gasteiger charge is -2.13. The lowest BCUT2D eigenvalue weighted by atomic mass is 10.1. The van der Waals surface area contributed by atoms with E-state index in [1.165, 1.54) is 11.1 Å². The molecule has 1 saturated heterocycles. The lowest BCUT2D eigenvalue weighted by Crippen LogP contribution is -2.37. The number of nitrogens with zero attached hydrogens (tertiary/aromatic N) is 1. The third kappa shape index (κ3) is 7.99. The van der Waals surface area contributed by atoms with Crippen LogP contribution in [0.15, 0.2) is 29.3 Å². The van der Waals surface area contributed by atoms with Gasteiger partial charge in [0.1, 0.15) is 0 Å². The molecule has 1 aliphatic heterocycles. The van der Waals surface area contributed by atoms with Crippen molar-refractivity contribution in [1.82, 2.24) is 10.6 Å². The topological polar surface area (TPSA) is 54.9 Å². The average Bonchev–Trinajstić information content (AvgIpc) is 3.03. The summed E-state index contributed by atoms with van der Waals surface area (Å²) in [5, 5.41) is 6.63. The van der Waals surface area contributed by atoms with Crippen LogP contribution in [0.2, 0.25) is 0 Å². The molecule has 1 heterocycles. The smallest absolute Gasteiger partial charge is 0.191 e. The van der Waals surface area contributed by atoms with Gasteiger partial charge in [0, 0.05) is 33.4 Å². The maximum atomic E-state index is 5.74. The average molecular weight is 433 g/mol. The SMILES string of the molecule is CN=C(NCCCOC1CCOC1)NCc1cccc(C)c1.I. The van der Waals surface area contributed by atoms with Crippen LogP contribution in [0.1, 0.15) is 24.0 Å². The first-order valence-electron chi connectivity index (χ1n) is 7.97. The molecule has 1 aromatic rings. The molecule has 1 unspecified atom stereocenters. The summed E-state index contributed by atoms with van der Waals surface area (Å²) in [6.45, 7) is 6.06. The molecule has 23 heavy (non-hydrogen) atoms. The molecule has 1 atom stereocenters. The van der Waals surface area contributed by atoms with Gasteiger partial charge in [0.15, 0.2) is 5.96 Å². The fraction of sp³-hybridized carbons (Fsp3) is 0.588. The second-order valence-electron chi connectivity index (χ2n) is 5.55. The molecule has 0 radical (unpaired) electrons. The molecule has 0 aromatic heterocycles. The van der Waals surface area contributed by atoms with Crippen LogP contribution in [0.4, 0.5) is 0 Å². The van der Waals surface area contributed by atoms with E-state index in [0.29, 0.717) is 6.10 Å². The molecule has 2 N–H and O–H groups in total. The number of nitrogens with one attached hydrogen (secondary N) is 2. The predicted molar refractivity (Wildman–Crippen MR) is 105 cm³/mol. The van der Waals surface area contributed by atoms with Crippen molar-refractivity contribution in [2.24, 2.45) is 4.99 Å². The van der Waals surface area contributed by atoms with E-state index in [0.717, 1.165) is 51.7 Å². The van der Waals surface area contributed by atoms with Crippen LogP contribution in [0, 0.1) is 6.92 Å². The second-order valence-corrected chi connectivity index (χ2v) is 5.55. The highest BCUT2D eigenvalue weighted by Gasteiger charge is 2.15. The van der Waals surface area contributed by atoms with E-state index >= 15 is 0 Å². The number of aryl methyl sites for hydroxylation is 1. The number of hydrogen-bond acceptors (Lipinski definition) is 3. The highest BCUT2D eigenvalue weighted by atomic mass is 127. The Morgan fingerprint density at radius 1 is 1.39 bits per heavy atom. The molecule has 1 aliphatic rings. The number of guanidine groups is 1. The number of rotatable bonds is 7. The first-order valence-corrected chi connectivity index (χ1v) is 7.97. The minimum Gasteiger partial charge on any atom is -0.379 e. The highest BCUT2D eigenvalue weighted by molar-refractivity contribution is 14.0. The number of halogens is 1. The van der Waals surface area contributed by atoms with Gasteiger partial charge in [0.25, 0.3) is 0 Å². The first-order chi connectivity index (χ1) is 10.8. The molecule has 0 aliphatic carbocycles. The molecule has 0 spiro atoms. The van der Waals surface area contributed by atoms with Gasteiger partial charge in [-0.2, -0.15) is 0 Å². The predicted octanol–water partition coefficient (Wildman–Crippen LogP) is 2.47. The standard InChI is InChI=1S/C17H27N3O2.HI/c1-14-5-3-6-15(11-14)12-20-17(18-2)19-8-4-9-22-16-7-10-21-13-16;/h3,5-6,11,16H,4,7-10,12-13H2,1-2H3,(H2,18,19,20);1H. The van der Waals surface area contributed by atoms with E-state index in [1.54, 1.807) is 7.05 Å². The van der Waals surface area contributed by atoms with Crippen molar-refractivity contribution in [2.75, 3.05) is 33.4 Å². The molecular formula is C17H28IN3O2. The first kappa shape index (κ1) is 20.2. The van der Waals surface area contributed by atoms with Crippen molar-refractivity contribution in [1.29, 1.82) is 0 Å². The second kappa shape index (κ2) is 11.6. The third-order valence-corrected chi connectivity index (χ3v) is 3.62. The van der Waals surface area contributed by atoms with Crippen molar-refractivity contribution in [3.05, 3.63) is 35.4 Å². The summed E-state index contributed by atoms with van der Waals surface area (Å²) in [7, 11) is 1.79. The Kier molecular flexibility index (Phi) is 10.2. The molecule has 1 aromatic carbocycles. The summed E-state index contributed by atoms with van der Waals surface area (Å²) in [5.41, 5.74) is 2.53. The Morgan fingerprint density at radius 2 is 2.26 bits per heavy atom. The lowest BCUT2D eigenvalue weighted by molar-refractivity contribution is 0.0420. The van der Waals surface area contributed by atoms with Gasteiger partial charge in [-0.05, 0) is 25.3 Å². The Morgan fingerprint density at radius 3 is 2.96 bits per heavy atom. The van der Waals surface area contributed by atoms with Gasteiger partial charge < -0.3 is 20.1 Å². The fourth-order valence-electron chi connectivity index (χ4n) is 2.40. The van der Waals surface area contributed by atoms with Gasteiger partial charge >= 0.3 is 0 Å². The van der Waals surface area contributed by atoms with E-state index in [-0.39, 0.29) is 24.0 Å². The van der Waals surface area contributed by atoms with Gasteiger partial charge in [-0.15, -0.1) is 24.0 Å². The van der Waals surface area contributed by atoms with E-state index in [9.17, 15) is 0 Å². The molecule has 0 amide bonds. The number of aliphatic imine (C=N–C) groups is 1. The summed E-state index contributed by atoms with van der Waals surface area (Å²) in [6, 6.07) is 8.47. The monoisotopic (exact) mass is 433 g/mol. The maximum Gasteiger partial charge on any atom is 0.191 e. The van der Waals surface area contributed by atoms with Crippen LogP contribution < -0.4 is 10.6 Å². The zero-order valence-electron chi connectivity index (χ0n) is 14.0. The Labute approximate surface area is 156 Å². The number of hydrogen-bond donors (Lipinski definition) is 2. The summed E-state index contributed by atoms with van der Waals surface area (Å²) in [6.07, 6.45) is 2.27. The molecule has 0 bridgehead atoms. The van der Waals surface area contributed by atoms with E-state index in [1.807, 2.05) is 0 Å². The Hall–Kier alpha value is -0.860. The molecule has 0 saturated carbocycles. The maximum absolute atomic E-state index is 5.74. The molecule has 6 heteroatoms. The van der Waals surface area contributed by atoms with Crippen molar-refractivity contribution in [2.45, 2.75) is 32.4 Å². The van der Waals surface area contributed by atoms with Gasteiger partial charge in [-0.1, -0.05) is 29.8 Å². The minimum atomic E-state index is 0. The zero-order valence-corrected chi connectivity index (χ0v) is 16.3. The van der Waals surface area contributed by atoms with Crippen LogP contribution in [0.3, 0.4) is 0 Å². The third-order valence-electron chi connectivity index (χ3n) is 3.62. The van der Waals surface area contributed by atoms with Crippen LogP contribution in [-0.4, -0.2) is 45.5 Å². The summed E-state index contributed by atoms with van der Waals surface area (Å²) < 4.78 is 11.0. The van der Waals surface area contributed by atoms with Gasteiger partial charge in [-0.25, -0.2) is 0 Å². The zero-order chi connectivity index (χ0) is 15.6. The van der Waals surface area contributed by atoms with E-state index in [2.05, 4.69) is 46.8 Å². The molecule has 2 rings (SSSR count). The van der Waals surface area contributed by atoms with Crippen LogP contribution in [0.5, 0.6) is 0 Å². The Bertz CT molecular complexity index is 477. The largest absolute Gasteiger partial charge is 0.379 e. The quantitative estimate of drug-likeness (QED) is 0.300. The van der Waals surface area contributed by atoms with E-state index < -0.39 is 0 Å².